The highest BCUT2D eigenvalue weighted by Crippen LogP contribution is 2.23. The first-order chi connectivity index (χ1) is 5.25. The van der Waals surface area contributed by atoms with Crippen molar-refractivity contribution in [3.63, 3.8) is 0 Å². The second-order valence-corrected chi connectivity index (χ2v) is 3.49. The molecule has 2 nitrogen and oxygen atoms in total. The third kappa shape index (κ3) is 1.93. The molecule has 3 heteroatoms. The van der Waals surface area contributed by atoms with Gasteiger partial charge in [0.1, 0.15) is 0 Å². The van der Waals surface area contributed by atoms with E-state index in [1.165, 1.54) is 4.90 Å². The first-order valence-electron chi connectivity index (χ1n) is 3.61. The van der Waals surface area contributed by atoms with E-state index in [4.69, 9.17) is 0 Å². The SMILES string of the molecule is CSc1ccnnc1C(C)C. The van der Waals surface area contributed by atoms with Gasteiger partial charge >= 0.3 is 0 Å². The van der Waals surface area contributed by atoms with Crippen LogP contribution in [0.1, 0.15) is 25.5 Å². The minimum atomic E-state index is 0.464. The van der Waals surface area contributed by atoms with Gasteiger partial charge in [0.15, 0.2) is 0 Å². The van der Waals surface area contributed by atoms with E-state index in [9.17, 15) is 0 Å². The van der Waals surface area contributed by atoms with Crippen LogP contribution in [0.5, 0.6) is 0 Å². The molecule has 0 radical (unpaired) electrons. The van der Waals surface area contributed by atoms with Crippen LogP contribution in [0.2, 0.25) is 0 Å². The molecule has 0 saturated heterocycles. The van der Waals surface area contributed by atoms with Crippen LogP contribution in [0, 0.1) is 0 Å². The van der Waals surface area contributed by atoms with Gasteiger partial charge in [-0.25, -0.2) is 0 Å². The zero-order valence-corrected chi connectivity index (χ0v) is 7.85. The maximum atomic E-state index is 4.08. The van der Waals surface area contributed by atoms with Crippen molar-refractivity contribution in [1.82, 2.24) is 10.2 Å². The van der Waals surface area contributed by atoms with Gasteiger partial charge in [-0.3, -0.25) is 0 Å². The second-order valence-electron chi connectivity index (χ2n) is 2.64. The molecule has 0 unspecified atom stereocenters. The highest BCUT2D eigenvalue weighted by atomic mass is 32.2. The second kappa shape index (κ2) is 3.72. The summed E-state index contributed by atoms with van der Waals surface area (Å²) >= 11 is 1.72. The summed E-state index contributed by atoms with van der Waals surface area (Å²) in [5.41, 5.74) is 1.10. The number of aromatic nitrogens is 2. The summed E-state index contributed by atoms with van der Waals surface area (Å²) in [5.74, 6) is 0.464. The average Bonchev–Trinajstić information content (AvgIpc) is 2.04. The fraction of sp³-hybridized carbons (Fsp3) is 0.500. The Labute approximate surface area is 71.4 Å². The van der Waals surface area contributed by atoms with Crippen LogP contribution in [0.15, 0.2) is 17.2 Å². The molecule has 0 amide bonds. The van der Waals surface area contributed by atoms with Crippen LogP contribution < -0.4 is 0 Å². The largest absolute Gasteiger partial charge is 0.159 e. The van der Waals surface area contributed by atoms with Crippen molar-refractivity contribution < 1.29 is 0 Å². The molecule has 0 aliphatic rings. The summed E-state index contributed by atoms with van der Waals surface area (Å²) in [6.45, 7) is 4.26. The topological polar surface area (TPSA) is 25.8 Å². The van der Waals surface area contributed by atoms with Gasteiger partial charge in [0, 0.05) is 4.90 Å². The van der Waals surface area contributed by atoms with Gasteiger partial charge in [0.25, 0.3) is 0 Å². The Morgan fingerprint density at radius 2 is 2.18 bits per heavy atom. The van der Waals surface area contributed by atoms with Crippen molar-refractivity contribution in [3.8, 4) is 0 Å². The third-order valence-electron chi connectivity index (χ3n) is 1.48. The van der Waals surface area contributed by atoms with Gasteiger partial charge in [-0.1, -0.05) is 13.8 Å². The Balaban J connectivity index is 3.02. The number of nitrogens with zero attached hydrogens (tertiary/aromatic N) is 2. The molecule has 0 spiro atoms. The summed E-state index contributed by atoms with van der Waals surface area (Å²) in [5, 5.41) is 7.93. The van der Waals surface area contributed by atoms with E-state index in [0.717, 1.165) is 5.69 Å². The lowest BCUT2D eigenvalue weighted by molar-refractivity contribution is 0.756. The molecule has 0 saturated carbocycles. The molecule has 0 bridgehead atoms. The molecule has 0 aliphatic carbocycles. The van der Waals surface area contributed by atoms with E-state index < -0.39 is 0 Å². The molecular formula is C8H12N2S. The predicted octanol–water partition coefficient (Wildman–Crippen LogP) is 2.32. The van der Waals surface area contributed by atoms with Crippen LogP contribution in [0.25, 0.3) is 0 Å². The number of hydrogen-bond acceptors (Lipinski definition) is 3. The number of thioether (sulfide) groups is 1. The molecule has 60 valence electrons. The summed E-state index contributed by atoms with van der Waals surface area (Å²) in [7, 11) is 0. The summed E-state index contributed by atoms with van der Waals surface area (Å²) in [4.78, 5) is 1.23. The lowest BCUT2D eigenvalue weighted by Gasteiger charge is -2.06. The zero-order chi connectivity index (χ0) is 8.27. The van der Waals surface area contributed by atoms with Crippen molar-refractivity contribution in [3.05, 3.63) is 18.0 Å². The van der Waals surface area contributed by atoms with Crippen LogP contribution in [0.4, 0.5) is 0 Å². The molecular weight excluding hydrogens is 156 g/mol. The monoisotopic (exact) mass is 168 g/mol. The summed E-state index contributed by atoms with van der Waals surface area (Å²) in [6, 6.07) is 2.01. The predicted molar refractivity (Wildman–Crippen MR) is 47.9 cm³/mol. The van der Waals surface area contributed by atoms with Crippen molar-refractivity contribution in [2.24, 2.45) is 0 Å². The summed E-state index contributed by atoms with van der Waals surface area (Å²) in [6.07, 6.45) is 3.79. The zero-order valence-electron chi connectivity index (χ0n) is 7.03. The average molecular weight is 168 g/mol. The van der Waals surface area contributed by atoms with Crippen molar-refractivity contribution in [1.29, 1.82) is 0 Å². The van der Waals surface area contributed by atoms with Crippen LogP contribution >= 0.6 is 11.8 Å². The van der Waals surface area contributed by atoms with Gasteiger partial charge in [0.2, 0.25) is 0 Å². The van der Waals surface area contributed by atoms with Crippen LogP contribution in [-0.4, -0.2) is 16.5 Å². The molecule has 1 aromatic rings. The molecule has 1 heterocycles. The van der Waals surface area contributed by atoms with E-state index >= 15 is 0 Å². The van der Waals surface area contributed by atoms with Gasteiger partial charge in [-0.05, 0) is 18.2 Å². The smallest absolute Gasteiger partial charge is 0.0791 e. The van der Waals surface area contributed by atoms with E-state index in [-0.39, 0.29) is 0 Å². The highest BCUT2D eigenvalue weighted by molar-refractivity contribution is 7.98. The fourth-order valence-electron chi connectivity index (χ4n) is 0.904. The first-order valence-corrected chi connectivity index (χ1v) is 4.83. The minimum absolute atomic E-state index is 0.464. The molecule has 1 rings (SSSR count). The van der Waals surface area contributed by atoms with Crippen molar-refractivity contribution >= 4 is 11.8 Å². The first kappa shape index (κ1) is 8.53. The Morgan fingerprint density at radius 3 is 2.64 bits per heavy atom. The number of hydrogen-bond donors (Lipinski definition) is 0. The van der Waals surface area contributed by atoms with E-state index in [0.29, 0.717) is 5.92 Å². The fourth-order valence-corrected chi connectivity index (χ4v) is 1.59. The highest BCUT2D eigenvalue weighted by Gasteiger charge is 2.06. The van der Waals surface area contributed by atoms with Gasteiger partial charge in [-0.2, -0.15) is 10.2 Å². The lowest BCUT2D eigenvalue weighted by Crippen LogP contribution is -1.96. The molecule has 0 atom stereocenters. The molecule has 11 heavy (non-hydrogen) atoms. The molecule has 0 aromatic carbocycles. The van der Waals surface area contributed by atoms with E-state index in [1.54, 1.807) is 18.0 Å². The van der Waals surface area contributed by atoms with E-state index in [1.807, 2.05) is 6.07 Å². The maximum absolute atomic E-state index is 4.08. The Hall–Kier alpha value is -0.570. The minimum Gasteiger partial charge on any atom is -0.159 e. The lowest BCUT2D eigenvalue weighted by atomic mass is 10.1. The Bertz CT molecular complexity index is 235. The van der Waals surface area contributed by atoms with Crippen LogP contribution in [0.3, 0.4) is 0 Å². The van der Waals surface area contributed by atoms with E-state index in [2.05, 4.69) is 30.3 Å². The Kier molecular flexibility index (Phi) is 2.88. The maximum Gasteiger partial charge on any atom is 0.0791 e. The summed E-state index contributed by atoms with van der Waals surface area (Å²) < 4.78 is 0. The Morgan fingerprint density at radius 1 is 1.45 bits per heavy atom. The van der Waals surface area contributed by atoms with Crippen molar-refractivity contribution in [2.75, 3.05) is 6.26 Å². The molecule has 0 aliphatic heterocycles. The van der Waals surface area contributed by atoms with Gasteiger partial charge < -0.3 is 0 Å². The standard InChI is InChI=1S/C8H12N2S/c1-6(2)8-7(11-3)4-5-9-10-8/h4-6H,1-3H3. The van der Waals surface area contributed by atoms with Crippen molar-refractivity contribution in [2.45, 2.75) is 24.7 Å². The van der Waals surface area contributed by atoms with Crippen LogP contribution in [-0.2, 0) is 0 Å². The third-order valence-corrected chi connectivity index (χ3v) is 2.26. The van der Waals surface area contributed by atoms with Gasteiger partial charge in [0.05, 0.1) is 11.9 Å². The normalized spacial score (nSPS) is 10.5. The van der Waals surface area contributed by atoms with Gasteiger partial charge in [-0.15, -0.1) is 11.8 Å². The molecule has 0 N–H and O–H groups in total. The quantitative estimate of drug-likeness (QED) is 0.634. The molecule has 0 fully saturated rings. The number of rotatable bonds is 2. The molecule has 1 aromatic heterocycles.